The molecular weight excluding hydrogens is 598 g/mol. The number of hydrogen-bond donors (Lipinski definition) is 3. The molecule has 48 heavy (non-hydrogen) atoms. The Morgan fingerprint density at radius 2 is 1.38 bits per heavy atom. The standard InChI is InChI=1S/C40H39N5O3/c1-28(2)22-36(44-39(48)37-23-29-14-12-13-21-35(29)43-37)38(47)42-34(26-46)24-33-25-45(27-41-33)40(30-15-6-3-7-16-30,31-17-8-4-9-18-31)32-19-10-5-11-20-32/h3-21,23,25-28,34,36,43H,22,24H2,1-2H3,(H,42,47)(H,44,48)/t34-,36-/m0/s1. The minimum absolute atomic E-state index is 0.122. The molecule has 0 unspecified atom stereocenters. The number of imidazole rings is 1. The number of H-pyrrole nitrogens is 1. The van der Waals surface area contributed by atoms with Gasteiger partial charge < -0.3 is 25.0 Å². The molecule has 6 aromatic rings. The summed E-state index contributed by atoms with van der Waals surface area (Å²) in [5.41, 5.74) is 4.25. The molecule has 6 rings (SSSR count). The van der Waals surface area contributed by atoms with Crippen LogP contribution in [0.15, 0.2) is 134 Å². The van der Waals surface area contributed by atoms with E-state index in [9.17, 15) is 14.4 Å². The Bertz CT molecular complexity index is 1850. The topological polar surface area (TPSA) is 109 Å². The molecule has 3 N–H and O–H groups in total. The highest BCUT2D eigenvalue weighted by molar-refractivity contribution is 6.00. The van der Waals surface area contributed by atoms with Gasteiger partial charge in [-0.2, -0.15) is 0 Å². The minimum atomic E-state index is -0.847. The third kappa shape index (κ3) is 6.69. The van der Waals surface area contributed by atoms with Gasteiger partial charge in [-0.3, -0.25) is 9.59 Å². The van der Waals surface area contributed by atoms with Crippen molar-refractivity contribution in [2.75, 3.05) is 0 Å². The van der Waals surface area contributed by atoms with E-state index in [1.165, 1.54) is 0 Å². The Labute approximate surface area is 280 Å². The Morgan fingerprint density at radius 1 is 0.812 bits per heavy atom. The van der Waals surface area contributed by atoms with Crippen molar-refractivity contribution in [3.8, 4) is 0 Å². The van der Waals surface area contributed by atoms with E-state index in [1.54, 1.807) is 12.4 Å². The molecule has 2 amide bonds. The van der Waals surface area contributed by atoms with Gasteiger partial charge in [0, 0.05) is 23.5 Å². The lowest BCUT2D eigenvalue weighted by Gasteiger charge is -2.37. The highest BCUT2D eigenvalue weighted by atomic mass is 16.2. The van der Waals surface area contributed by atoms with Crippen LogP contribution in [0.4, 0.5) is 0 Å². The van der Waals surface area contributed by atoms with Crippen LogP contribution >= 0.6 is 0 Å². The Morgan fingerprint density at radius 3 is 1.92 bits per heavy atom. The van der Waals surface area contributed by atoms with Crippen molar-refractivity contribution < 1.29 is 14.4 Å². The third-order valence-electron chi connectivity index (χ3n) is 8.62. The number of aldehydes is 1. The smallest absolute Gasteiger partial charge is 0.268 e. The molecule has 242 valence electrons. The zero-order chi connectivity index (χ0) is 33.5. The molecule has 0 saturated heterocycles. The number of para-hydroxylation sites is 1. The zero-order valence-electron chi connectivity index (χ0n) is 27.0. The van der Waals surface area contributed by atoms with Gasteiger partial charge in [0.2, 0.25) is 5.91 Å². The van der Waals surface area contributed by atoms with Gasteiger partial charge in [-0.05, 0) is 41.2 Å². The van der Waals surface area contributed by atoms with Crippen LogP contribution in [0.5, 0.6) is 0 Å². The summed E-state index contributed by atoms with van der Waals surface area (Å²) in [6, 6.07) is 38.5. The summed E-state index contributed by atoms with van der Waals surface area (Å²) < 4.78 is 2.08. The molecule has 4 aromatic carbocycles. The van der Waals surface area contributed by atoms with Crippen molar-refractivity contribution in [1.82, 2.24) is 25.2 Å². The first-order chi connectivity index (χ1) is 23.4. The van der Waals surface area contributed by atoms with Crippen molar-refractivity contribution in [3.05, 3.63) is 162 Å². The molecule has 2 heterocycles. The van der Waals surface area contributed by atoms with E-state index in [-0.39, 0.29) is 18.2 Å². The van der Waals surface area contributed by atoms with Crippen molar-refractivity contribution in [1.29, 1.82) is 0 Å². The summed E-state index contributed by atoms with van der Waals surface area (Å²) in [7, 11) is 0. The maximum absolute atomic E-state index is 13.6. The molecule has 0 spiro atoms. The summed E-state index contributed by atoms with van der Waals surface area (Å²) >= 11 is 0. The van der Waals surface area contributed by atoms with E-state index in [2.05, 4.69) is 56.6 Å². The highest BCUT2D eigenvalue weighted by Gasteiger charge is 2.38. The molecule has 0 bridgehead atoms. The second-order valence-corrected chi connectivity index (χ2v) is 12.5. The average Bonchev–Trinajstić information content (AvgIpc) is 3.77. The number of hydrogen-bond acceptors (Lipinski definition) is 4. The fourth-order valence-corrected chi connectivity index (χ4v) is 6.41. The molecule has 0 fully saturated rings. The maximum Gasteiger partial charge on any atom is 0.268 e. The first-order valence-corrected chi connectivity index (χ1v) is 16.2. The summed E-state index contributed by atoms with van der Waals surface area (Å²) in [5.74, 6) is -0.680. The van der Waals surface area contributed by atoms with Gasteiger partial charge in [-0.15, -0.1) is 0 Å². The van der Waals surface area contributed by atoms with Gasteiger partial charge >= 0.3 is 0 Å². The van der Waals surface area contributed by atoms with E-state index >= 15 is 0 Å². The van der Waals surface area contributed by atoms with E-state index in [1.807, 2.05) is 98.9 Å². The number of nitrogens with one attached hydrogen (secondary N) is 3. The molecule has 0 aliphatic carbocycles. The van der Waals surface area contributed by atoms with Crippen LogP contribution in [0.25, 0.3) is 10.9 Å². The van der Waals surface area contributed by atoms with Gasteiger partial charge in [-0.1, -0.05) is 123 Å². The molecule has 8 nitrogen and oxygen atoms in total. The van der Waals surface area contributed by atoms with Gasteiger partial charge in [0.25, 0.3) is 5.91 Å². The molecule has 2 atom stereocenters. The van der Waals surface area contributed by atoms with Gasteiger partial charge in [0.05, 0.1) is 18.1 Å². The number of rotatable bonds is 13. The van der Waals surface area contributed by atoms with Crippen LogP contribution in [-0.4, -0.2) is 44.7 Å². The summed E-state index contributed by atoms with van der Waals surface area (Å²) in [4.78, 5) is 47.0. The number of nitrogens with zero attached hydrogens (tertiary/aromatic N) is 2. The molecule has 0 radical (unpaired) electrons. The average molecular weight is 638 g/mol. The number of aromatic nitrogens is 3. The van der Waals surface area contributed by atoms with E-state index in [0.717, 1.165) is 33.9 Å². The lowest BCUT2D eigenvalue weighted by molar-refractivity contribution is -0.126. The van der Waals surface area contributed by atoms with Crippen molar-refractivity contribution in [2.45, 2.75) is 44.3 Å². The highest BCUT2D eigenvalue weighted by Crippen LogP contribution is 2.40. The van der Waals surface area contributed by atoms with Crippen LogP contribution in [0.3, 0.4) is 0 Å². The quantitative estimate of drug-likeness (QED) is 0.102. The Kier molecular flexibility index (Phi) is 9.62. The number of carbonyl (C=O) groups excluding carboxylic acids is 3. The summed E-state index contributed by atoms with van der Waals surface area (Å²) in [6.07, 6.45) is 5.04. The predicted molar refractivity (Wildman–Crippen MR) is 188 cm³/mol. The third-order valence-corrected chi connectivity index (χ3v) is 8.62. The summed E-state index contributed by atoms with van der Waals surface area (Å²) in [6.45, 7) is 3.97. The zero-order valence-corrected chi connectivity index (χ0v) is 27.0. The molecule has 0 saturated carbocycles. The molecule has 0 aliphatic heterocycles. The second-order valence-electron chi connectivity index (χ2n) is 12.5. The Balaban J connectivity index is 1.26. The van der Waals surface area contributed by atoms with E-state index < -0.39 is 23.5 Å². The van der Waals surface area contributed by atoms with Crippen LogP contribution in [0, 0.1) is 5.92 Å². The second kappa shape index (κ2) is 14.3. The maximum atomic E-state index is 13.6. The van der Waals surface area contributed by atoms with Gasteiger partial charge in [0.15, 0.2) is 0 Å². The van der Waals surface area contributed by atoms with Crippen LogP contribution < -0.4 is 10.6 Å². The lowest BCUT2D eigenvalue weighted by atomic mass is 9.77. The van der Waals surface area contributed by atoms with Crippen LogP contribution in [-0.2, 0) is 21.5 Å². The van der Waals surface area contributed by atoms with Crippen molar-refractivity contribution in [2.24, 2.45) is 5.92 Å². The molecule has 8 heteroatoms. The monoisotopic (exact) mass is 637 g/mol. The van der Waals surface area contributed by atoms with E-state index in [4.69, 9.17) is 4.98 Å². The number of fused-ring (bicyclic) bond motifs is 1. The Hall–Kier alpha value is -5.76. The number of carbonyl (C=O) groups is 3. The SMILES string of the molecule is CC(C)C[C@H](NC(=O)c1cc2ccccc2[nH]1)C(=O)N[C@H](C=O)Cc1cn(C(c2ccccc2)(c2ccccc2)c2ccccc2)cn1. The van der Waals surface area contributed by atoms with Crippen molar-refractivity contribution in [3.63, 3.8) is 0 Å². The van der Waals surface area contributed by atoms with E-state index in [0.29, 0.717) is 17.8 Å². The van der Waals surface area contributed by atoms with Crippen LogP contribution in [0.2, 0.25) is 0 Å². The fourth-order valence-electron chi connectivity index (χ4n) is 6.41. The van der Waals surface area contributed by atoms with Gasteiger partial charge in [-0.25, -0.2) is 4.98 Å². The molecule has 2 aromatic heterocycles. The molecular formula is C40H39N5O3. The van der Waals surface area contributed by atoms with Crippen molar-refractivity contribution >= 4 is 29.0 Å². The minimum Gasteiger partial charge on any atom is -0.351 e. The predicted octanol–water partition coefficient (Wildman–Crippen LogP) is 6.28. The van der Waals surface area contributed by atoms with Gasteiger partial charge in [0.1, 0.15) is 23.6 Å². The fraction of sp³-hybridized carbons (Fsp3) is 0.200. The molecule has 0 aliphatic rings. The first-order valence-electron chi connectivity index (χ1n) is 16.2. The number of benzene rings is 4. The number of amides is 2. The number of aromatic amines is 1. The summed E-state index contributed by atoms with van der Waals surface area (Å²) in [5, 5.41) is 6.65. The van der Waals surface area contributed by atoms with Crippen LogP contribution in [0.1, 0.15) is 53.1 Å². The normalized spacial score (nSPS) is 12.8. The first kappa shape index (κ1) is 32.2. The largest absolute Gasteiger partial charge is 0.351 e. The lowest BCUT2D eigenvalue weighted by Crippen LogP contribution is -2.51.